The van der Waals surface area contributed by atoms with E-state index in [0.717, 1.165) is 5.84 Å². The number of aliphatic hydroxyl groups is 1. The Morgan fingerprint density at radius 3 is 2.63 bits per heavy atom. The van der Waals surface area contributed by atoms with Crippen molar-refractivity contribution in [3.05, 3.63) is 46.3 Å². The van der Waals surface area contributed by atoms with Crippen molar-refractivity contribution in [1.82, 2.24) is 4.98 Å². The zero-order valence-electron chi connectivity index (χ0n) is 16.6. The number of hydrogen-bond acceptors (Lipinski definition) is 8. The Morgan fingerprint density at radius 1 is 1.23 bits per heavy atom. The Bertz CT molecular complexity index is 991. The molecule has 2 aromatic rings. The third kappa shape index (κ3) is 4.04. The fourth-order valence-electron chi connectivity index (χ4n) is 3.76. The molecule has 0 radical (unpaired) electrons. The van der Waals surface area contributed by atoms with Gasteiger partial charge in [-0.05, 0) is 44.0 Å². The van der Waals surface area contributed by atoms with Gasteiger partial charge in [0.15, 0.2) is 0 Å². The molecule has 3 heterocycles. The van der Waals surface area contributed by atoms with Crippen LogP contribution in [-0.2, 0) is 0 Å². The molecule has 2 N–H and O–H groups in total. The molecular formula is C20H23FN6O3. The number of nitrogens with zero attached hydrogens (tertiary/aromatic N) is 5. The van der Waals surface area contributed by atoms with E-state index in [1.165, 1.54) is 12.1 Å². The molecule has 0 atom stereocenters. The maximum absolute atomic E-state index is 14.7. The Kier molecular flexibility index (Phi) is 5.49. The van der Waals surface area contributed by atoms with E-state index in [2.05, 4.69) is 15.3 Å². The summed E-state index contributed by atoms with van der Waals surface area (Å²) in [6.45, 7) is 4.32. The number of nitrogens with one attached hydrogen (secondary N) is 1. The summed E-state index contributed by atoms with van der Waals surface area (Å²) in [5.74, 6) is 0.957. The van der Waals surface area contributed by atoms with E-state index < -0.39 is 10.7 Å². The third-order valence-corrected chi connectivity index (χ3v) is 5.40. The van der Waals surface area contributed by atoms with Crippen LogP contribution in [0.5, 0.6) is 0 Å². The topological polar surface area (TPSA) is 107 Å². The number of hydrogen-bond donors (Lipinski definition) is 2. The lowest BCUT2D eigenvalue weighted by molar-refractivity contribution is -0.384. The maximum Gasteiger partial charge on any atom is 0.311 e. The fourth-order valence-corrected chi connectivity index (χ4v) is 3.76. The summed E-state index contributed by atoms with van der Waals surface area (Å²) in [5, 5.41) is 24.0. The highest BCUT2D eigenvalue weighted by atomic mass is 19.1. The zero-order valence-corrected chi connectivity index (χ0v) is 16.6. The van der Waals surface area contributed by atoms with Crippen molar-refractivity contribution in [2.45, 2.75) is 25.9 Å². The highest BCUT2D eigenvalue weighted by molar-refractivity contribution is 5.97. The van der Waals surface area contributed by atoms with Crippen LogP contribution >= 0.6 is 0 Å². The number of aliphatic imine (C=N–C) groups is 1. The van der Waals surface area contributed by atoms with Gasteiger partial charge in [0.25, 0.3) is 0 Å². The largest absolute Gasteiger partial charge is 0.393 e. The summed E-state index contributed by atoms with van der Waals surface area (Å²) < 4.78 is 14.7. The lowest BCUT2D eigenvalue weighted by Gasteiger charge is -2.31. The van der Waals surface area contributed by atoms with Gasteiger partial charge in [0, 0.05) is 31.4 Å². The minimum Gasteiger partial charge on any atom is -0.393 e. The van der Waals surface area contributed by atoms with Crippen LogP contribution in [0.4, 0.5) is 33.1 Å². The molecule has 10 heteroatoms. The average Bonchev–Trinajstić information content (AvgIpc) is 3.15. The second kappa shape index (κ2) is 8.23. The van der Waals surface area contributed by atoms with E-state index in [-0.39, 0.29) is 17.6 Å². The Labute approximate surface area is 173 Å². The van der Waals surface area contributed by atoms with Crippen molar-refractivity contribution < 1.29 is 14.4 Å². The van der Waals surface area contributed by atoms with Crippen LogP contribution in [0.25, 0.3) is 0 Å². The maximum atomic E-state index is 14.7. The molecule has 1 aromatic carbocycles. The van der Waals surface area contributed by atoms with E-state index in [4.69, 9.17) is 0 Å². The molecule has 0 spiro atoms. The van der Waals surface area contributed by atoms with Gasteiger partial charge in [-0.3, -0.25) is 15.1 Å². The lowest BCUT2D eigenvalue weighted by atomic mass is 10.1. The number of nitro groups is 1. The normalized spacial score (nSPS) is 17.2. The number of halogens is 1. The third-order valence-electron chi connectivity index (χ3n) is 5.40. The van der Waals surface area contributed by atoms with Gasteiger partial charge in [-0.1, -0.05) is 0 Å². The predicted octanol–water partition coefficient (Wildman–Crippen LogP) is 3.07. The smallest absolute Gasteiger partial charge is 0.311 e. The van der Waals surface area contributed by atoms with Crippen LogP contribution in [-0.4, -0.2) is 53.1 Å². The van der Waals surface area contributed by atoms with Crippen LogP contribution in [0.3, 0.4) is 0 Å². The Hall–Kier alpha value is -3.27. The second-order valence-corrected chi connectivity index (χ2v) is 7.38. The molecule has 0 bridgehead atoms. The molecule has 0 saturated carbocycles. The van der Waals surface area contributed by atoms with Crippen molar-refractivity contribution in [1.29, 1.82) is 0 Å². The van der Waals surface area contributed by atoms with Crippen LogP contribution in [0, 0.1) is 15.9 Å². The monoisotopic (exact) mass is 414 g/mol. The number of anilines is 4. The number of aromatic nitrogens is 1. The SMILES string of the molecule is CC1=NCCN1c1ccc([N+](=O)[O-])c(Nc2ccc(N3CCC(O)CC3)c(F)c2)n1. The standard InChI is InChI=1S/C20H23FN6O3/c1-13-22-8-11-26(13)19-5-4-18(27(29)30)20(24-19)23-14-2-3-17(16(21)12-14)25-9-6-15(28)7-10-25/h2-5,12,15,28H,6-11H2,1H3,(H,23,24). The number of aliphatic hydroxyl groups excluding tert-OH is 1. The highest BCUT2D eigenvalue weighted by Crippen LogP contribution is 2.31. The first-order valence-corrected chi connectivity index (χ1v) is 9.86. The molecule has 0 aliphatic carbocycles. The van der Waals surface area contributed by atoms with Crippen LogP contribution in [0.1, 0.15) is 19.8 Å². The van der Waals surface area contributed by atoms with E-state index in [1.807, 2.05) is 16.7 Å². The number of pyridine rings is 1. The van der Waals surface area contributed by atoms with Crippen molar-refractivity contribution in [2.75, 3.05) is 41.3 Å². The first kappa shape index (κ1) is 20.0. The van der Waals surface area contributed by atoms with Gasteiger partial charge in [0.1, 0.15) is 17.5 Å². The molecule has 1 aromatic heterocycles. The Balaban J connectivity index is 1.59. The van der Waals surface area contributed by atoms with E-state index >= 15 is 0 Å². The van der Waals surface area contributed by atoms with Crippen molar-refractivity contribution >= 4 is 34.5 Å². The van der Waals surface area contributed by atoms with Gasteiger partial charge in [0.2, 0.25) is 5.82 Å². The van der Waals surface area contributed by atoms with Gasteiger partial charge >= 0.3 is 5.69 Å². The minimum absolute atomic E-state index is 0.0467. The summed E-state index contributed by atoms with van der Waals surface area (Å²) in [5.41, 5.74) is 0.627. The second-order valence-electron chi connectivity index (χ2n) is 7.38. The molecule has 4 rings (SSSR count). The molecular weight excluding hydrogens is 391 g/mol. The molecule has 1 saturated heterocycles. The number of benzene rings is 1. The summed E-state index contributed by atoms with van der Waals surface area (Å²) in [6.07, 6.45) is 0.858. The quantitative estimate of drug-likeness (QED) is 0.572. The van der Waals surface area contributed by atoms with Crippen molar-refractivity contribution in [3.63, 3.8) is 0 Å². The highest BCUT2D eigenvalue weighted by Gasteiger charge is 2.23. The van der Waals surface area contributed by atoms with Crippen molar-refractivity contribution in [3.8, 4) is 0 Å². The molecule has 1 fully saturated rings. The molecule has 30 heavy (non-hydrogen) atoms. The predicted molar refractivity (Wildman–Crippen MR) is 113 cm³/mol. The molecule has 2 aliphatic rings. The number of amidine groups is 1. The summed E-state index contributed by atoms with van der Waals surface area (Å²) in [6, 6.07) is 7.59. The van der Waals surface area contributed by atoms with E-state index in [9.17, 15) is 19.6 Å². The van der Waals surface area contributed by atoms with E-state index in [0.29, 0.717) is 56.2 Å². The van der Waals surface area contributed by atoms with Gasteiger partial charge < -0.3 is 20.2 Å². The molecule has 0 unspecified atom stereocenters. The minimum atomic E-state index is -0.520. The van der Waals surface area contributed by atoms with Gasteiger partial charge in [-0.25, -0.2) is 9.37 Å². The molecule has 2 aliphatic heterocycles. The van der Waals surface area contributed by atoms with Crippen molar-refractivity contribution in [2.24, 2.45) is 4.99 Å². The van der Waals surface area contributed by atoms with Gasteiger partial charge in [0.05, 0.1) is 23.3 Å². The van der Waals surface area contributed by atoms with Crippen LogP contribution < -0.4 is 15.1 Å². The summed E-state index contributed by atoms with van der Waals surface area (Å²) in [4.78, 5) is 23.4. The molecule has 0 amide bonds. The Morgan fingerprint density at radius 2 is 2.00 bits per heavy atom. The van der Waals surface area contributed by atoms with E-state index in [1.54, 1.807) is 18.2 Å². The number of piperidine rings is 1. The van der Waals surface area contributed by atoms with Gasteiger partial charge in [-0.2, -0.15) is 0 Å². The zero-order chi connectivity index (χ0) is 21.3. The lowest BCUT2D eigenvalue weighted by Crippen LogP contribution is -2.36. The first-order valence-electron chi connectivity index (χ1n) is 9.86. The number of rotatable bonds is 5. The summed E-state index contributed by atoms with van der Waals surface area (Å²) >= 11 is 0. The summed E-state index contributed by atoms with van der Waals surface area (Å²) in [7, 11) is 0. The average molecular weight is 414 g/mol. The fraction of sp³-hybridized carbons (Fsp3) is 0.400. The van der Waals surface area contributed by atoms with Crippen LogP contribution in [0.15, 0.2) is 35.3 Å². The molecule has 9 nitrogen and oxygen atoms in total. The van der Waals surface area contributed by atoms with Crippen LogP contribution in [0.2, 0.25) is 0 Å². The first-order chi connectivity index (χ1) is 14.4. The van der Waals surface area contributed by atoms with Gasteiger partial charge in [-0.15, -0.1) is 0 Å². The molecule has 158 valence electrons.